The highest BCUT2D eigenvalue weighted by Crippen LogP contribution is 2.35. The molecular formula is C18H21N3O4S2. The van der Waals surface area contributed by atoms with Crippen LogP contribution in [0.4, 0.5) is 4.79 Å². The molecule has 2 aromatic rings. The lowest BCUT2D eigenvalue weighted by molar-refractivity contribution is -0.119. The average Bonchev–Trinajstić information content (AvgIpc) is 3.02. The van der Waals surface area contributed by atoms with Crippen LogP contribution in [0.15, 0.2) is 22.6 Å². The molecule has 0 saturated heterocycles. The van der Waals surface area contributed by atoms with Crippen molar-refractivity contribution < 1.29 is 14.3 Å². The second-order valence-electron chi connectivity index (χ2n) is 6.23. The van der Waals surface area contributed by atoms with E-state index in [1.807, 2.05) is 0 Å². The van der Waals surface area contributed by atoms with E-state index in [-0.39, 0.29) is 5.56 Å². The maximum atomic E-state index is 13.1. The molecule has 1 aliphatic carbocycles. The van der Waals surface area contributed by atoms with Crippen LogP contribution in [0.1, 0.15) is 30.2 Å². The first-order valence-corrected chi connectivity index (χ1v) is 10.4. The molecule has 27 heavy (non-hydrogen) atoms. The second kappa shape index (κ2) is 8.26. The molecule has 144 valence electrons. The number of nitrogens with one attached hydrogen (secondary N) is 1. The van der Waals surface area contributed by atoms with E-state index < -0.39 is 17.3 Å². The summed E-state index contributed by atoms with van der Waals surface area (Å²) in [5.74, 6) is -0.503. The Kier molecular flexibility index (Phi) is 6.01. The summed E-state index contributed by atoms with van der Waals surface area (Å²) in [6, 6.07) is 0. The molecule has 0 radical (unpaired) electrons. The van der Waals surface area contributed by atoms with Gasteiger partial charge in [-0.1, -0.05) is 17.8 Å². The van der Waals surface area contributed by atoms with E-state index in [0.717, 1.165) is 47.8 Å². The van der Waals surface area contributed by atoms with Crippen LogP contribution in [-0.4, -0.2) is 33.9 Å². The van der Waals surface area contributed by atoms with Gasteiger partial charge in [0, 0.05) is 11.4 Å². The maximum Gasteiger partial charge on any atom is 0.413 e. The summed E-state index contributed by atoms with van der Waals surface area (Å²) in [6.07, 6.45) is 4.93. The van der Waals surface area contributed by atoms with Gasteiger partial charge in [0.25, 0.3) is 5.56 Å². The van der Waals surface area contributed by atoms with Gasteiger partial charge in [-0.2, -0.15) is 0 Å². The van der Waals surface area contributed by atoms with Crippen molar-refractivity contribution in [3.05, 3.63) is 33.4 Å². The van der Waals surface area contributed by atoms with E-state index in [9.17, 15) is 14.4 Å². The van der Waals surface area contributed by atoms with Gasteiger partial charge >= 0.3 is 6.09 Å². The Labute approximate surface area is 164 Å². The Balaban J connectivity index is 2.00. The molecule has 0 bridgehead atoms. The van der Waals surface area contributed by atoms with Crippen LogP contribution >= 0.6 is 23.1 Å². The van der Waals surface area contributed by atoms with Gasteiger partial charge in [-0.15, -0.1) is 17.9 Å². The topological polar surface area (TPSA) is 90.3 Å². The zero-order chi connectivity index (χ0) is 19.6. The largest absolute Gasteiger partial charge is 0.453 e. The first-order valence-electron chi connectivity index (χ1n) is 8.67. The first-order chi connectivity index (χ1) is 13.0. The third kappa shape index (κ3) is 3.93. The molecule has 0 aromatic carbocycles. The molecule has 7 nitrogen and oxygen atoms in total. The molecule has 3 rings (SSSR count). The number of rotatable bonds is 5. The fourth-order valence-electron chi connectivity index (χ4n) is 3.06. The average molecular weight is 408 g/mol. The lowest BCUT2D eigenvalue weighted by Gasteiger charge is -2.14. The number of carbonyl (C=O) groups excluding carboxylic acids is 2. The van der Waals surface area contributed by atoms with Crippen LogP contribution < -0.4 is 10.9 Å². The van der Waals surface area contributed by atoms with Crippen molar-refractivity contribution in [2.45, 2.75) is 49.6 Å². The quantitative estimate of drug-likeness (QED) is 0.466. The highest BCUT2D eigenvalue weighted by Gasteiger charge is 2.24. The number of aromatic nitrogens is 2. The molecule has 9 heteroatoms. The summed E-state index contributed by atoms with van der Waals surface area (Å²) >= 11 is 2.70. The van der Waals surface area contributed by atoms with E-state index >= 15 is 0 Å². The molecule has 0 fully saturated rings. The number of alkyl carbamates (subject to hydrolysis) is 1. The SMILES string of the molecule is C=CCn1c(S[C@H](C)C(=O)NC(=O)OC)nc2sc3c(c2c1=O)CCCC3. The van der Waals surface area contributed by atoms with Crippen LogP contribution in [0, 0.1) is 0 Å². The van der Waals surface area contributed by atoms with E-state index in [1.54, 1.807) is 28.9 Å². The Morgan fingerprint density at radius 1 is 1.44 bits per heavy atom. The number of amides is 2. The summed E-state index contributed by atoms with van der Waals surface area (Å²) in [5.41, 5.74) is 1.03. The molecule has 0 spiro atoms. The van der Waals surface area contributed by atoms with Gasteiger partial charge in [-0.25, -0.2) is 9.78 Å². The summed E-state index contributed by atoms with van der Waals surface area (Å²) in [5, 5.41) is 2.66. The molecule has 2 amide bonds. The third-order valence-electron chi connectivity index (χ3n) is 4.41. The van der Waals surface area contributed by atoms with Crippen molar-refractivity contribution in [1.29, 1.82) is 0 Å². The number of nitrogens with zero attached hydrogens (tertiary/aromatic N) is 2. The Bertz CT molecular complexity index is 964. The Morgan fingerprint density at radius 2 is 2.19 bits per heavy atom. The van der Waals surface area contributed by atoms with Gasteiger partial charge in [-0.05, 0) is 38.2 Å². The number of hydrogen-bond donors (Lipinski definition) is 1. The van der Waals surface area contributed by atoms with Gasteiger partial charge in [0.05, 0.1) is 17.7 Å². The van der Waals surface area contributed by atoms with Crippen molar-refractivity contribution in [1.82, 2.24) is 14.9 Å². The summed E-state index contributed by atoms with van der Waals surface area (Å²) in [6.45, 7) is 5.68. The van der Waals surface area contributed by atoms with Gasteiger partial charge in [0.15, 0.2) is 5.16 Å². The van der Waals surface area contributed by atoms with Crippen LogP contribution in [0.25, 0.3) is 10.2 Å². The zero-order valence-corrected chi connectivity index (χ0v) is 16.9. The van der Waals surface area contributed by atoms with Gasteiger partial charge in [0.2, 0.25) is 5.91 Å². The lowest BCUT2D eigenvalue weighted by atomic mass is 9.97. The van der Waals surface area contributed by atoms with Gasteiger partial charge in [0.1, 0.15) is 4.83 Å². The number of allylic oxidation sites excluding steroid dienone is 1. The van der Waals surface area contributed by atoms with Crippen LogP contribution in [-0.2, 0) is 28.9 Å². The number of hydrogen-bond acceptors (Lipinski definition) is 7. The van der Waals surface area contributed by atoms with Crippen LogP contribution in [0.3, 0.4) is 0 Å². The fraction of sp³-hybridized carbons (Fsp3) is 0.444. The van der Waals surface area contributed by atoms with Crippen LogP contribution in [0.5, 0.6) is 0 Å². The highest BCUT2D eigenvalue weighted by atomic mass is 32.2. The molecular weight excluding hydrogens is 386 g/mol. The minimum atomic E-state index is -0.815. The van der Waals surface area contributed by atoms with Crippen LogP contribution in [0.2, 0.25) is 0 Å². The van der Waals surface area contributed by atoms with Gasteiger partial charge in [-0.3, -0.25) is 19.5 Å². The third-order valence-corrected chi connectivity index (χ3v) is 6.69. The summed E-state index contributed by atoms with van der Waals surface area (Å²) < 4.78 is 5.99. The van der Waals surface area contributed by atoms with Crippen molar-refractivity contribution in [3.8, 4) is 0 Å². The minimum absolute atomic E-state index is 0.0950. The predicted molar refractivity (Wildman–Crippen MR) is 107 cm³/mol. The van der Waals surface area contributed by atoms with E-state index in [1.165, 1.54) is 12.0 Å². The fourth-order valence-corrected chi connectivity index (χ4v) is 5.29. The molecule has 1 N–H and O–H groups in total. The predicted octanol–water partition coefficient (Wildman–Crippen LogP) is 2.89. The number of thioether (sulfide) groups is 1. The van der Waals surface area contributed by atoms with Crippen molar-refractivity contribution >= 4 is 45.3 Å². The standard InChI is InChI=1S/C18H21N3O4S2/c1-4-9-21-16(23)13-11-7-5-6-8-12(11)27-15(13)20-17(21)26-10(2)14(22)19-18(24)25-3/h4,10H,1,5-9H2,2-3H3,(H,19,22,24)/t10-/m1/s1. The van der Waals surface area contributed by atoms with E-state index in [4.69, 9.17) is 0 Å². The summed E-state index contributed by atoms with van der Waals surface area (Å²) in [7, 11) is 1.19. The van der Waals surface area contributed by atoms with Crippen molar-refractivity contribution in [2.75, 3.05) is 7.11 Å². The van der Waals surface area contributed by atoms with Gasteiger partial charge < -0.3 is 4.74 Å². The summed E-state index contributed by atoms with van der Waals surface area (Å²) in [4.78, 5) is 43.2. The molecule has 0 aliphatic heterocycles. The monoisotopic (exact) mass is 407 g/mol. The number of fused-ring (bicyclic) bond motifs is 3. The first kappa shape index (κ1) is 19.6. The molecule has 2 aromatic heterocycles. The lowest BCUT2D eigenvalue weighted by Crippen LogP contribution is -2.36. The van der Waals surface area contributed by atoms with Crippen molar-refractivity contribution in [3.63, 3.8) is 0 Å². The molecule has 2 heterocycles. The normalized spacial score (nSPS) is 14.4. The molecule has 0 saturated carbocycles. The highest BCUT2D eigenvalue weighted by molar-refractivity contribution is 8.00. The van der Waals surface area contributed by atoms with Crippen molar-refractivity contribution in [2.24, 2.45) is 0 Å². The molecule has 1 atom stereocenters. The Morgan fingerprint density at radius 3 is 2.89 bits per heavy atom. The molecule has 0 unspecified atom stereocenters. The number of imide groups is 1. The number of aryl methyl sites for hydroxylation is 2. The number of methoxy groups -OCH3 is 1. The molecule has 1 aliphatic rings. The van der Waals surface area contributed by atoms with E-state index in [0.29, 0.717) is 17.1 Å². The number of thiophene rings is 1. The minimum Gasteiger partial charge on any atom is -0.453 e. The number of ether oxygens (including phenoxy) is 1. The Hall–Kier alpha value is -2.13. The zero-order valence-electron chi connectivity index (χ0n) is 15.2. The second-order valence-corrected chi connectivity index (χ2v) is 8.62. The smallest absolute Gasteiger partial charge is 0.413 e. The maximum absolute atomic E-state index is 13.1. The number of carbonyl (C=O) groups is 2. The van der Waals surface area contributed by atoms with E-state index in [2.05, 4.69) is 21.6 Å².